The van der Waals surface area contributed by atoms with E-state index in [0.717, 1.165) is 12.3 Å². The van der Waals surface area contributed by atoms with Crippen LogP contribution >= 0.6 is 0 Å². The molecule has 1 aliphatic rings. The first-order chi connectivity index (χ1) is 7.67. The summed E-state index contributed by atoms with van der Waals surface area (Å²) in [6.07, 6.45) is 3.83. The van der Waals surface area contributed by atoms with Gasteiger partial charge in [-0.25, -0.2) is 0 Å². The van der Waals surface area contributed by atoms with E-state index in [1.54, 1.807) is 0 Å². The zero-order chi connectivity index (χ0) is 11.5. The van der Waals surface area contributed by atoms with Crippen molar-refractivity contribution < 1.29 is 4.74 Å². The quantitative estimate of drug-likeness (QED) is 0.776. The number of ether oxygens (including phenoxy) is 1. The molecule has 1 heterocycles. The van der Waals surface area contributed by atoms with Gasteiger partial charge in [0, 0.05) is 6.04 Å². The van der Waals surface area contributed by atoms with E-state index < -0.39 is 0 Å². The molecular formula is C10H17N5O. The number of anilines is 2. The minimum Gasteiger partial charge on any atom is -0.467 e. The third-order valence-corrected chi connectivity index (χ3v) is 2.57. The fraction of sp³-hybridized carbons (Fsp3) is 0.700. The molecule has 0 aromatic carbocycles. The van der Waals surface area contributed by atoms with Gasteiger partial charge >= 0.3 is 6.01 Å². The van der Waals surface area contributed by atoms with Crippen LogP contribution in [0.3, 0.4) is 0 Å². The first-order valence-electron chi connectivity index (χ1n) is 5.49. The molecule has 1 fully saturated rings. The Morgan fingerprint density at radius 3 is 2.81 bits per heavy atom. The number of nitrogens with two attached hydrogens (primary N) is 1. The molecular weight excluding hydrogens is 206 g/mol. The Morgan fingerprint density at radius 1 is 1.44 bits per heavy atom. The van der Waals surface area contributed by atoms with E-state index in [1.165, 1.54) is 20.0 Å². The van der Waals surface area contributed by atoms with Crippen LogP contribution in [0.4, 0.5) is 11.9 Å². The Balaban J connectivity index is 1.98. The molecule has 1 aliphatic carbocycles. The van der Waals surface area contributed by atoms with Gasteiger partial charge in [0.05, 0.1) is 7.11 Å². The maximum atomic E-state index is 5.54. The number of hydrogen-bond donors (Lipinski definition) is 2. The maximum absolute atomic E-state index is 5.54. The summed E-state index contributed by atoms with van der Waals surface area (Å²) in [5.74, 6) is 1.52. The molecule has 6 nitrogen and oxygen atoms in total. The van der Waals surface area contributed by atoms with Crippen molar-refractivity contribution in [2.75, 3.05) is 18.2 Å². The van der Waals surface area contributed by atoms with Gasteiger partial charge in [0.25, 0.3) is 0 Å². The van der Waals surface area contributed by atoms with Crippen LogP contribution in [0, 0.1) is 5.92 Å². The van der Waals surface area contributed by atoms with Gasteiger partial charge in [0.1, 0.15) is 0 Å². The third kappa shape index (κ3) is 2.95. The van der Waals surface area contributed by atoms with E-state index >= 15 is 0 Å². The Hall–Kier alpha value is -1.59. The standard InChI is InChI=1S/C10H17N5O/c1-6(5-7-3-4-7)12-9-13-8(11)14-10(15-9)16-2/h6-7H,3-5H2,1-2H3,(H3,11,12,13,14,15). The van der Waals surface area contributed by atoms with E-state index in [0.29, 0.717) is 12.0 Å². The number of nitrogens with zero attached hydrogens (tertiary/aromatic N) is 3. The normalized spacial score (nSPS) is 16.9. The fourth-order valence-electron chi connectivity index (χ4n) is 1.66. The lowest BCUT2D eigenvalue weighted by molar-refractivity contribution is 0.379. The minimum atomic E-state index is 0.174. The largest absolute Gasteiger partial charge is 0.467 e. The van der Waals surface area contributed by atoms with E-state index in [9.17, 15) is 0 Å². The molecule has 0 aliphatic heterocycles. The Kier molecular flexibility index (Phi) is 3.07. The SMILES string of the molecule is COc1nc(N)nc(NC(C)CC2CC2)n1. The Labute approximate surface area is 94.6 Å². The van der Waals surface area contributed by atoms with Gasteiger partial charge in [-0.05, 0) is 19.3 Å². The van der Waals surface area contributed by atoms with Crippen molar-refractivity contribution in [3.63, 3.8) is 0 Å². The van der Waals surface area contributed by atoms with Crippen molar-refractivity contribution in [1.29, 1.82) is 0 Å². The average molecular weight is 223 g/mol. The summed E-state index contributed by atoms with van der Waals surface area (Å²) in [4.78, 5) is 11.9. The number of nitrogen functional groups attached to an aromatic ring is 1. The Bertz CT molecular complexity index is 366. The van der Waals surface area contributed by atoms with Gasteiger partial charge in [0.15, 0.2) is 0 Å². The lowest BCUT2D eigenvalue weighted by Crippen LogP contribution is -2.18. The predicted octanol–water partition coefficient (Wildman–Crippen LogP) is 1.06. The molecule has 0 radical (unpaired) electrons. The predicted molar refractivity (Wildman–Crippen MR) is 61.2 cm³/mol. The molecule has 1 saturated carbocycles. The number of aromatic nitrogens is 3. The molecule has 0 saturated heterocycles. The van der Waals surface area contributed by atoms with E-state index in [1.807, 2.05) is 0 Å². The van der Waals surface area contributed by atoms with Gasteiger partial charge in [-0.2, -0.15) is 15.0 Å². The summed E-state index contributed by atoms with van der Waals surface area (Å²) in [7, 11) is 1.51. The highest BCUT2D eigenvalue weighted by atomic mass is 16.5. The summed E-state index contributed by atoms with van der Waals surface area (Å²) in [6, 6.07) is 0.590. The van der Waals surface area contributed by atoms with Crippen LogP contribution in [-0.2, 0) is 0 Å². The van der Waals surface area contributed by atoms with E-state index in [2.05, 4.69) is 27.2 Å². The first-order valence-corrected chi connectivity index (χ1v) is 5.49. The Morgan fingerprint density at radius 2 is 2.19 bits per heavy atom. The zero-order valence-corrected chi connectivity index (χ0v) is 9.60. The molecule has 1 unspecified atom stereocenters. The van der Waals surface area contributed by atoms with Crippen molar-refractivity contribution in [1.82, 2.24) is 15.0 Å². The summed E-state index contributed by atoms with van der Waals surface area (Å²) in [5, 5.41) is 3.21. The van der Waals surface area contributed by atoms with Crippen LogP contribution in [0.2, 0.25) is 0 Å². The molecule has 3 N–H and O–H groups in total. The van der Waals surface area contributed by atoms with Gasteiger partial charge in [0.2, 0.25) is 11.9 Å². The molecule has 16 heavy (non-hydrogen) atoms. The second-order valence-electron chi connectivity index (χ2n) is 4.23. The highest BCUT2D eigenvalue weighted by Crippen LogP contribution is 2.33. The topological polar surface area (TPSA) is 86.0 Å². The van der Waals surface area contributed by atoms with Crippen molar-refractivity contribution in [2.24, 2.45) is 5.92 Å². The number of rotatable bonds is 5. The van der Waals surface area contributed by atoms with Crippen molar-refractivity contribution >= 4 is 11.9 Å². The van der Waals surface area contributed by atoms with Gasteiger partial charge in [-0.3, -0.25) is 0 Å². The van der Waals surface area contributed by atoms with E-state index in [4.69, 9.17) is 10.5 Å². The molecule has 1 atom stereocenters. The summed E-state index contributed by atoms with van der Waals surface area (Å²) in [6.45, 7) is 2.12. The van der Waals surface area contributed by atoms with Crippen LogP contribution in [0.15, 0.2) is 0 Å². The smallest absolute Gasteiger partial charge is 0.322 e. The minimum absolute atomic E-state index is 0.174. The highest BCUT2D eigenvalue weighted by molar-refractivity contribution is 5.33. The average Bonchev–Trinajstić information content (AvgIpc) is 3.00. The summed E-state index contributed by atoms with van der Waals surface area (Å²) < 4.78 is 4.93. The van der Waals surface area contributed by atoms with Crippen molar-refractivity contribution in [3.05, 3.63) is 0 Å². The molecule has 1 aromatic heterocycles. The maximum Gasteiger partial charge on any atom is 0.322 e. The fourth-order valence-corrected chi connectivity index (χ4v) is 1.66. The van der Waals surface area contributed by atoms with Gasteiger partial charge < -0.3 is 15.8 Å². The lowest BCUT2D eigenvalue weighted by Gasteiger charge is -2.13. The van der Waals surface area contributed by atoms with Gasteiger partial charge in [-0.1, -0.05) is 12.8 Å². The molecule has 88 valence electrons. The second-order valence-corrected chi connectivity index (χ2v) is 4.23. The van der Waals surface area contributed by atoms with Crippen LogP contribution in [0.1, 0.15) is 26.2 Å². The van der Waals surface area contributed by atoms with Crippen molar-refractivity contribution in [2.45, 2.75) is 32.2 Å². The van der Waals surface area contributed by atoms with Crippen LogP contribution in [0.25, 0.3) is 0 Å². The lowest BCUT2D eigenvalue weighted by atomic mass is 10.2. The molecule has 1 aromatic rings. The summed E-state index contributed by atoms with van der Waals surface area (Å²) in [5.41, 5.74) is 5.54. The molecule has 0 bridgehead atoms. The monoisotopic (exact) mass is 223 g/mol. The molecule has 0 amide bonds. The number of hydrogen-bond acceptors (Lipinski definition) is 6. The molecule has 2 rings (SSSR count). The highest BCUT2D eigenvalue weighted by Gasteiger charge is 2.23. The number of methoxy groups -OCH3 is 1. The van der Waals surface area contributed by atoms with Crippen LogP contribution in [-0.4, -0.2) is 28.1 Å². The second kappa shape index (κ2) is 4.51. The van der Waals surface area contributed by atoms with E-state index in [-0.39, 0.29) is 12.0 Å². The first kappa shape index (κ1) is 10.9. The van der Waals surface area contributed by atoms with Crippen molar-refractivity contribution in [3.8, 4) is 6.01 Å². The van der Waals surface area contributed by atoms with Crippen LogP contribution < -0.4 is 15.8 Å². The molecule has 6 heteroatoms. The summed E-state index contributed by atoms with van der Waals surface area (Å²) >= 11 is 0. The third-order valence-electron chi connectivity index (χ3n) is 2.57. The molecule has 0 spiro atoms. The number of nitrogens with one attached hydrogen (secondary N) is 1. The zero-order valence-electron chi connectivity index (χ0n) is 9.60. The van der Waals surface area contributed by atoms with Gasteiger partial charge in [-0.15, -0.1) is 0 Å². The van der Waals surface area contributed by atoms with Crippen LogP contribution in [0.5, 0.6) is 6.01 Å².